The molecule has 0 bridgehead atoms. The molecule has 0 aromatic heterocycles. The normalized spacial score (nSPS) is 13.5. The van der Waals surface area contributed by atoms with Crippen LogP contribution in [0.3, 0.4) is 0 Å². The Bertz CT molecular complexity index is 664. The van der Waals surface area contributed by atoms with Gasteiger partial charge < -0.3 is 9.64 Å². The molecule has 3 rings (SSSR count). The van der Waals surface area contributed by atoms with Gasteiger partial charge in [-0.25, -0.2) is 0 Å². The van der Waals surface area contributed by atoms with E-state index in [1.165, 1.54) is 5.56 Å². The lowest BCUT2D eigenvalue weighted by atomic mass is 10.0. The molecule has 0 N–H and O–H groups in total. The summed E-state index contributed by atoms with van der Waals surface area (Å²) in [5, 5.41) is 0. The molecule has 1 heterocycles. The molecule has 0 unspecified atom stereocenters. The van der Waals surface area contributed by atoms with Crippen molar-refractivity contribution < 1.29 is 9.53 Å². The number of ether oxygens (including phenoxy) is 1. The molecule has 2 aromatic carbocycles. The first kappa shape index (κ1) is 15.6. The average Bonchev–Trinajstić information content (AvgIpc) is 2.61. The molecule has 0 fully saturated rings. The number of fused-ring (bicyclic) bond motifs is 1. The fourth-order valence-electron chi connectivity index (χ4n) is 2.93. The second kappa shape index (κ2) is 7.32. The topological polar surface area (TPSA) is 29.5 Å². The van der Waals surface area contributed by atoms with Crippen LogP contribution in [0.1, 0.15) is 42.1 Å². The highest BCUT2D eigenvalue weighted by Gasteiger charge is 2.23. The van der Waals surface area contributed by atoms with Crippen LogP contribution in [-0.4, -0.2) is 19.1 Å². The minimum atomic E-state index is 0.0669. The van der Waals surface area contributed by atoms with Crippen molar-refractivity contribution >= 4 is 11.6 Å². The lowest BCUT2D eigenvalue weighted by Crippen LogP contribution is -2.35. The van der Waals surface area contributed by atoms with Crippen LogP contribution in [0, 0.1) is 0 Å². The van der Waals surface area contributed by atoms with Crippen LogP contribution in [0.25, 0.3) is 0 Å². The second-order valence-electron chi connectivity index (χ2n) is 5.92. The van der Waals surface area contributed by atoms with E-state index in [4.69, 9.17) is 4.74 Å². The second-order valence-corrected chi connectivity index (χ2v) is 5.92. The number of hydrogen-bond donors (Lipinski definition) is 0. The van der Waals surface area contributed by atoms with Gasteiger partial charge in [-0.3, -0.25) is 4.79 Å². The summed E-state index contributed by atoms with van der Waals surface area (Å²) in [5.74, 6) is 0.895. The number of nitrogens with zero attached hydrogens (tertiary/aromatic N) is 1. The van der Waals surface area contributed by atoms with Gasteiger partial charge in [0, 0.05) is 17.8 Å². The predicted molar refractivity (Wildman–Crippen MR) is 93.3 cm³/mol. The molecule has 3 heteroatoms. The van der Waals surface area contributed by atoms with Crippen LogP contribution in [0.2, 0.25) is 0 Å². The fraction of sp³-hybridized carbons (Fsp3) is 0.350. The highest BCUT2D eigenvalue weighted by Crippen LogP contribution is 2.28. The van der Waals surface area contributed by atoms with Crippen LogP contribution in [0.4, 0.5) is 5.69 Å². The standard InChI is InChI=1S/C20H23NO2/c1-2-3-15-23-18-12-10-17(11-13-18)20(22)21-14-6-8-16-7-4-5-9-19(16)21/h4-5,7,9-13H,2-3,6,8,14-15H2,1H3. The first-order valence-electron chi connectivity index (χ1n) is 8.42. The molecule has 0 atom stereocenters. The van der Waals surface area contributed by atoms with Crippen molar-refractivity contribution in [2.24, 2.45) is 0 Å². The molecule has 1 amide bonds. The van der Waals surface area contributed by atoms with Gasteiger partial charge >= 0.3 is 0 Å². The maximum Gasteiger partial charge on any atom is 0.258 e. The summed E-state index contributed by atoms with van der Waals surface area (Å²) in [4.78, 5) is 14.7. The Balaban J connectivity index is 1.74. The maximum absolute atomic E-state index is 12.8. The molecule has 0 radical (unpaired) electrons. The van der Waals surface area contributed by atoms with Crippen molar-refractivity contribution in [2.45, 2.75) is 32.6 Å². The summed E-state index contributed by atoms with van der Waals surface area (Å²) < 4.78 is 5.66. The Morgan fingerprint density at radius 1 is 1.13 bits per heavy atom. The molecule has 120 valence electrons. The minimum Gasteiger partial charge on any atom is -0.494 e. The number of hydrogen-bond acceptors (Lipinski definition) is 2. The molecule has 0 saturated carbocycles. The summed E-state index contributed by atoms with van der Waals surface area (Å²) in [6.45, 7) is 3.65. The number of carbonyl (C=O) groups is 1. The van der Waals surface area contributed by atoms with Crippen LogP contribution < -0.4 is 9.64 Å². The fourth-order valence-corrected chi connectivity index (χ4v) is 2.93. The monoisotopic (exact) mass is 309 g/mol. The number of benzene rings is 2. The van der Waals surface area contributed by atoms with E-state index in [1.807, 2.05) is 47.4 Å². The number of rotatable bonds is 5. The summed E-state index contributed by atoms with van der Waals surface area (Å²) in [7, 11) is 0. The Kier molecular flexibility index (Phi) is 4.96. The molecule has 0 spiro atoms. The molecular weight excluding hydrogens is 286 g/mol. The van der Waals surface area contributed by atoms with Crippen LogP contribution in [-0.2, 0) is 6.42 Å². The van der Waals surface area contributed by atoms with Crippen molar-refractivity contribution in [3.8, 4) is 5.75 Å². The Hall–Kier alpha value is -2.29. The maximum atomic E-state index is 12.8. The third-order valence-electron chi connectivity index (χ3n) is 4.22. The zero-order valence-corrected chi connectivity index (χ0v) is 13.6. The number of carbonyl (C=O) groups excluding carboxylic acids is 1. The van der Waals surface area contributed by atoms with Crippen molar-refractivity contribution in [3.63, 3.8) is 0 Å². The first-order chi connectivity index (χ1) is 11.3. The predicted octanol–water partition coefficient (Wildman–Crippen LogP) is 4.46. The van der Waals surface area contributed by atoms with Gasteiger partial charge in [-0.15, -0.1) is 0 Å². The van der Waals surface area contributed by atoms with Gasteiger partial charge in [0.15, 0.2) is 0 Å². The van der Waals surface area contributed by atoms with Gasteiger partial charge in [0.2, 0.25) is 0 Å². The smallest absolute Gasteiger partial charge is 0.258 e. The van der Waals surface area contributed by atoms with Crippen LogP contribution in [0.15, 0.2) is 48.5 Å². The average molecular weight is 309 g/mol. The van der Waals surface area contributed by atoms with E-state index < -0.39 is 0 Å². The molecule has 1 aliphatic heterocycles. The number of para-hydroxylation sites is 1. The van der Waals surface area contributed by atoms with E-state index in [9.17, 15) is 4.79 Å². The van der Waals surface area contributed by atoms with Gasteiger partial charge in [-0.05, 0) is 55.2 Å². The van der Waals surface area contributed by atoms with Crippen LogP contribution >= 0.6 is 0 Å². The van der Waals surface area contributed by atoms with E-state index in [0.717, 1.165) is 50.3 Å². The van der Waals surface area contributed by atoms with E-state index in [-0.39, 0.29) is 5.91 Å². The van der Waals surface area contributed by atoms with Crippen molar-refractivity contribution in [1.29, 1.82) is 0 Å². The van der Waals surface area contributed by atoms with Crippen LogP contribution in [0.5, 0.6) is 5.75 Å². The summed E-state index contributed by atoms with van der Waals surface area (Å²) in [6, 6.07) is 15.7. The third-order valence-corrected chi connectivity index (χ3v) is 4.22. The Morgan fingerprint density at radius 2 is 1.91 bits per heavy atom. The number of anilines is 1. The molecule has 1 aliphatic rings. The summed E-state index contributed by atoms with van der Waals surface area (Å²) in [5.41, 5.74) is 3.02. The summed E-state index contributed by atoms with van der Waals surface area (Å²) >= 11 is 0. The van der Waals surface area contributed by atoms with E-state index in [2.05, 4.69) is 13.0 Å². The summed E-state index contributed by atoms with van der Waals surface area (Å²) in [6.07, 6.45) is 4.22. The third kappa shape index (κ3) is 3.55. The van der Waals surface area contributed by atoms with E-state index in [1.54, 1.807) is 0 Å². The Morgan fingerprint density at radius 3 is 2.70 bits per heavy atom. The van der Waals surface area contributed by atoms with Gasteiger partial charge in [0.1, 0.15) is 5.75 Å². The lowest BCUT2D eigenvalue weighted by molar-refractivity contribution is 0.0985. The molecular formula is C20H23NO2. The zero-order chi connectivity index (χ0) is 16.1. The van der Waals surface area contributed by atoms with Crippen molar-refractivity contribution in [1.82, 2.24) is 0 Å². The quantitative estimate of drug-likeness (QED) is 0.763. The van der Waals surface area contributed by atoms with Crippen molar-refractivity contribution in [2.75, 3.05) is 18.1 Å². The number of unbranched alkanes of at least 4 members (excludes halogenated alkanes) is 1. The SMILES string of the molecule is CCCCOc1ccc(C(=O)N2CCCc3ccccc32)cc1. The lowest BCUT2D eigenvalue weighted by Gasteiger charge is -2.29. The first-order valence-corrected chi connectivity index (χ1v) is 8.42. The van der Waals surface area contributed by atoms with Crippen molar-refractivity contribution in [3.05, 3.63) is 59.7 Å². The molecule has 23 heavy (non-hydrogen) atoms. The van der Waals surface area contributed by atoms with Gasteiger partial charge in [0.25, 0.3) is 5.91 Å². The van der Waals surface area contributed by atoms with E-state index in [0.29, 0.717) is 5.56 Å². The number of aryl methyl sites for hydroxylation is 1. The molecule has 2 aromatic rings. The zero-order valence-electron chi connectivity index (χ0n) is 13.6. The Labute approximate surface area is 137 Å². The highest BCUT2D eigenvalue weighted by atomic mass is 16.5. The van der Waals surface area contributed by atoms with Gasteiger partial charge in [-0.2, -0.15) is 0 Å². The molecule has 3 nitrogen and oxygen atoms in total. The van der Waals surface area contributed by atoms with Gasteiger partial charge in [-0.1, -0.05) is 31.5 Å². The molecule has 0 aliphatic carbocycles. The van der Waals surface area contributed by atoms with E-state index >= 15 is 0 Å². The largest absolute Gasteiger partial charge is 0.494 e. The number of amides is 1. The molecule has 0 saturated heterocycles. The highest BCUT2D eigenvalue weighted by molar-refractivity contribution is 6.06. The minimum absolute atomic E-state index is 0.0669. The van der Waals surface area contributed by atoms with Gasteiger partial charge in [0.05, 0.1) is 6.61 Å².